The van der Waals surface area contributed by atoms with Crippen LogP contribution < -0.4 is 10.0 Å². The highest BCUT2D eigenvalue weighted by atomic mass is 32.2. The predicted molar refractivity (Wildman–Crippen MR) is 113 cm³/mol. The number of rotatable bonds is 3. The molecule has 156 valence electrons. The van der Waals surface area contributed by atoms with E-state index in [-0.39, 0.29) is 10.5 Å². The average Bonchev–Trinajstić information content (AvgIpc) is 3.41. The van der Waals surface area contributed by atoms with Crippen LogP contribution in [-0.4, -0.2) is 23.3 Å². The number of urea groups is 1. The first-order valence-corrected chi connectivity index (χ1v) is 11.7. The molecule has 3 aliphatic rings. The second-order valence-electron chi connectivity index (χ2n) is 7.98. The second kappa shape index (κ2) is 7.21. The third-order valence-electron chi connectivity index (χ3n) is 6.05. The molecule has 0 saturated heterocycles. The van der Waals surface area contributed by atoms with E-state index in [1.807, 2.05) is 0 Å². The number of aryl methyl sites for hydroxylation is 2. The van der Waals surface area contributed by atoms with Gasteiger partial charge in [-0.2, -0.15) is 0 Å². The van der Waals surface area contributed by atoms with Crippen molar-refractivity contribution in [3.63, 3.8) is 0 Å². The first kappa shape index (κ1) is 19.3. The molecule has 1 atom stereocenters. The van der Waals surface area contributed by atoms with Crippen molar-refractivity contribution in [1.82, 2.24) is 4.72 Å². The Labute approximate surface area is 175 Å². The summed E-state index contributed by atoms with van der Waals surface area (Å²) < 4.78 is 24.9. The van der Waals surface area contributed by atoms with E-state index in [1.165, 1.54) is 22.3 Å². The van der Waals surface area contributed by atoms with Crippen LogP contribution in [0, 0.1) is 0 Å². The Kier molecular flexibility index (Phi) is 4.63. The highest BCUT2D eigenvalue weighted by Gasteiger charge is 2.33. The van der Waals surface area contributed by atoms with Gasteiger partial charge in [-0.3, -0.25) is 9.52 Å². The highest BCUT2D eigenvalue weighted by Crippen LogP contribution is 2.38. The Bertz CT molecular complexity index is 1180. The maximum Gasteiger partial charge on any atom is 0.355 e. The first-order valence-electron chi connectivity index (χ1n) is 10.2. The van der Waals surface area contributed by atoms with Gasteiger partial charge in [0.05, 0.1) is 17.1 Å². The van der Waals surface area contributed by atoms with Gasteiger partial charge in [0.15, 0.2) is 9.92 Å². The van der Waals surface area contributed by atoms with E-state index in [4.69, 9.17) is 4.74 Å². The Morgan fingerprint density at radius 2 is 1.83 bits per heavy atom. The fourth-order valence-electron chi connectivity index (χ4n) is 4.76. The smallest absolute Gasteiger partial charge is 0.355 e. The van der Waals surface area contributed by atoms with Gasteiger partial charge in [-0.1, -0.05) is 12.1 Å². The van der Waals surface area contributed by atoms with Gasteiger partial charge in [0.2, 0.25) is 0 Å². The first-order chi connectivity index (χ1) is 14.5. The largest absolute Gasteiger partial charge is 0.380 e. The lowest BCUT2D eigenvalue weighted by atomic mass is 9.99. The molecule has 7 nitrogen and oxygen atoms in total. The average molecular weight is 426 g/mol. The van der Waals surface area contributed by atoms with Crippen LogP contribution >= 0.6 is 0 Å². The molecule has 0 saturated carbocycles. The minimum absolute atomic E-state index is 0.237. The molecule has 2 aliphatic carbocycles. The molecular formula is C22H23N3O4S. The molecule has 5 rings (SSSR count). The van der Waals surface area contributed by atoms with Crippen molar-refractivity contribution in [3.05, 3.63) is 57.6 Å². The van der Waals surface area contributed by atoms with Crippen molar-refractivity contribution in [3.8, 4) is 0 Å². The summed E-state index contributed by atoms with van der Waals surface area (Å²) in [5.41, 5.74) is 6.80. The van der Waals surface area contributed by atoms with Gasteiger partial charge in [0, 0.05) is 12.8 Å². The number of methoxy groups -OCH3 is 1. The molecule has 30 heavy (non-hydrogen) atoms. The summed E-state index contributed by atoms with van der Waals surface area (Å²) in [5, 5.41) is 2.92. The van der Waals surface area contributed by atoms with Crippen molar-refractivity contribution in [1.29, 1.82) is 0 Å². The quantitative estimate of drug-likeness (QED) is 0.786. The Hall–Kier alpha value is -2.71. The molecule has 1 heterocycles. The number of hydrogen-bond acceptors (Lipinski definition) is 4. The molecular weight excluding hydrogens is 402 g/mol. The van der Waals surface area contributed by atoms with Crippen LogP contribution in [0.4, 0.5) is 10.5 Å². The Morgan fingerprint density at radius 1 is 1.13 bits per heavy atom. The Balaban J connectivity index is 1.52. The number of amides is 3. The normalized spacial score (nSPS) is 21.0. The molecule has 2 N–H and O–H groups in total. The summed E-state index contributed by atoms with van der Waals surface area (Å²) >= 11 is 0. The second-order valence-corrected chi connectivity index (χ2v) is 9.85. The van der Waals surface area contributed by atoms with E-state index in [1.54, 1.807) is 25.3 Å². The molecule has 8 heteroatoms. The van der Waals surface area contributed by atoms with Crippen LogP contribution in [0.5, 0.6) is 0 Å². The summed E-state index contributed by atoms with van der Waals surface area (Å²) in [4.78, 5) is 25.4. The van der Waals surface area contributed by atoms with Crippen molar-refractivity contribution < 1.29 is 18.5 Å². The summed E-state index contributed by atoms with van der Waals surface area (Å²) in [6, 6.07) is 6.54. The van der Waals surface area contributed by atoms with E-state index < -0.39 is 21.9 Å². The Morgan fingerprint density at radius 3 is 2.50 bits per heavy atom. The van der Waals surface area contributed by atoms with E-state index in [2.05, 4.69) is 20.5 Å². The van der Waals surface area contributed by atoms with Gasteiger partial charge in [-0.25, -0.2) is 9.00 Å². The minimum Gasteiger partial charge on any atom is -0.380 e. The molecule has 0 aromatic heterocycles. The molecule has 1 aliphatic heterocycles. The van der Waals surface area contributed by atoms with Crippen molar-refractivity contribution in [2.24, 2.45) is 4.36 Å². The van der Waals surface area contributed by atoms with Gasteiger partial charge in [0.25, 0.3) is 5.91 Å². The zero-order chi connectivity index (χ0) is 20.9. The van der Waals surface area contributed by atoms with E-state index in [0.29, 0.717) is 6.61 Å². The van der Waals surface area contributed by atoms with Crippen LogP contribution in [0.1, 0.15) is 51.0 Å². The number of anilines is 1. The molecule has 0 spiro atoms. The van der Waals surface area contributed by atoms with Crippen LogP contribution in [0.15, 0.2) is 33.5 Å². The predicted octanol–water partition coefficient (Wildman–Crippen LogP) is 3.53. The van der Waals surface area contributed by atoms with E-state index >= 15 is 0 Å². The topological polar surface area (TPSA) is 96.9 Å². The maximum atomic E-state index is 13.4. The molecule has 3 amide bonds. The fourth-order valence-corrected chi connectivity index (χ4v) is 6.43. The number of benzene rings is 2. The fraction of sp³-hybridized carbons (Fsp3) is 0.364. The zero-order valence-electron chi connectivity index (χ0n) is 16.7. The van der Waals surface area contributed by atoms with Crippen molar-refractivity contribution >= 4 is 27.5 Å². The molecule has 1 unspecified atom stereocenters. The number of fused-ring (bicyclic) bond motifs is 3. The third kappa shape index (κ3) is 3.11. The number of nitrogens with one attached hydrogen (secondary N) is 2. The third-order valence-corrected chi connectivity index (χ3v) is 7.87. The molecule has 0 radical (unpaired) electrons. The van der Waals surface area contributed by atoms with Gasteiger partial charge >= 0.3 is 6.03 Å². The summed E-state index contributed by atoms with van der Waals surface area (Å²) in [6.07, 6.45) is 6.03. The minimum atomic E-state index is -3.39. The van der Waals surface area contributed by atoms with Crippen molar-refractivity contribution in [2.45, 2.75) is 50.0 Å². The lowest BCUT2D eigenvalue weighted by Gasteiger charge is -2.15. The zero-order valence-corrected chi connectivity index (χ0v) is 17.6. The van der Waals surface area contributed by atoms with Gasteiger partial charge in [0.1, 0.15) is 0 Å². The molecule has 2 aromatic rings. The van der Waals surface area contributed by atoms with Crippen LogP contribution in [-0.2, 0) is 46.9 Å². The summed E-state index contributed by atoms with van der Waals surface area (Å²) in [6.45, 7) is 0.311. The van der Waals surface area contributed by atoms with Gasteiger partial charge < -0.3 is 10.1 Å². The molecule has 0 bridgehead atoms. The van der Waals surface area contributed by atoms with Crippen LogP contribution in [0.25, 0.3) is 0 Å². The number of ether oxygens (including phenoxy) is 1. The summed E-state index contributed by atoms with van der Waals surface area (Å²) in [7, 11) is -1.83. The van der Waals surface area contributed by atoms with E-state index in [9.17, 15) is 13.8 Å². The standard InChI is InChI=1S/C22H23N3O4S/c1-29-12-13-8-9-18-19(10-13)30(28,24-21(18)26)25-22(27)23-20-16-6-2-4-14(16)11-15-5-3-7-17(15)20/h8-11H,2-7,12H2,1H3,(H2,23,24,25,26,27,28). The summed E-state index contributed by atoms with van der Waals surface area (Å²) in [5.74, 6) is -0.489. The molecule has 0 fully saturated rings. The van der Waals surface area contributed by atoms with Crippen LogP contribution in [0.2, 0.25) is 0 Å². The van der Waals surface area contributed by atoms with Gasteiger partial charge in [-0.15, -0.1) is 4.36 Å². The lowest BCUT2D eigenvalue weighted by molar-refractivity contribution is 0.0985. The van der Waals surface area contributed by atoms with E-state index in [0.717, 1.165) is 49.8 Å². The monoisotopic (exact) mass is 425 g/mol. The number of carbonyl (C=O) groups excluding carboxylic acids is 2. The molecule has 2 aromatic carbocycles. The SMILES string of the molecule is COCc1ccc2c(c1)S(=O)(=NC(=O)Nc1c3c(cc4c1CCC4)CCC3)NC2=O. The highest BCUT2D eigenvalue weighted by molar-refractivity contribution is 7.93. The maximum absolute atomic E-state index is 13.4. The van der Waals surface area contributed by atoms with Gasteiger partial charge in [-0.05, 0) is 78.5 Å². The number of carbonyl (C=O) groups is 2. The van der Waals surface area contributed by atoms with Crippen molar-refractivity contribution in [2.75, 3.05) is 12.4 Å². The number of nitrogens with zero attached hydrogens (tertiary/aromatic N) is 1. The lowest BCUT2D eigenvalue weighted by Crippen LogP contribution is -2.23. The number of hydrogen-bond donors (Lipinski definition) is 2. The van der Waals surface area contributed by atoms with Crippen LogP contribution in [0.3, 0.4) is 0 Å².